The number of rotatable bonds is 4. The first kappa shape index (κ1) is 17.1. The molecule has 7 nitrogen and oxygen atoms in total. The zero-order chi connectivity index (χ0) is 18.0. The molecular formula is C18H20N2O5. The first-order valence-electron chi connectivity index (χ1n) is 8.42. The minimum absolute atomic E-state index is 0.0650. The molecule has 1 aliphatic carbocycles. The maximum absolute atomic E-state index is 12.7. The highest BCUT2D eigenvalue weighted by Crippen LogP contribution is 2.31. The van der Waals surface area contributed by atoms with Gasteiger partial charge in [-0.1, -0.05) is 19.3 Å². The molecule has 1 fully saturated rings. The Morgan fingerprint density at radius 1 is 1.12 bits per heavy atom. The summed E-state index contributed by atoms with van der Waals surface area (Å²) in [7, 11) is 1.44. The van der Waals surface area contributed by atoms with E-state index in [1.165, 1.54) is 30.1 Å². The Bertz CT molecular complexity index is 737. The number of benzene rings is 1. The Balaban J connectivity index is 1.79. The van der Waals surface area contributed by atoms with Gasteiger partial charge in [0.1, 0.15) is 0 Å². The van der Waals surface area contributed by atoms with Crippen molar-refractivity contribution in [3.63, 3.8) is 0 Å². The highest BCUT2D eigenvalue weighted by Gasteiger charge is 2.40. The van der Waals surface area contributed by atoms with E-state index in [9.17, 15) is 19.2 Å². The van der Waals surface area contributed by atoms with E-state index in [1.807, 2.05) is 0 Å². The summed E-state index contributed by atoms with van der Waals surface area (Å²) in [5.74, 6) is -1.78. The lowest BCUT2D eigenvalue weighted by Crippen LogP contribution is -2.40. The molecular weight excluding hydrogens is 324 g/mol. The van der Waals surface area contributed by atoms with Crippen LogP contribution in [0.4, 0.5) is 0 Å². The van der Waals surface area contributed by atoms with Gasteiger partial charge in [0, 0.05) is 13.1 Å². The van der Waals surface area contributed by atoms with E-state index >= 15 is 0 Å². The molecule has 0 spiro atoms. The minimum atomic E-state index is -0.706. The first-order valence-corrected chi connectivity index (χ1v) is 8.42. The molecule has 0 unspecified atom stereocenters. The van der Waals surface area contributed by atoms with E-state index in [2.05, 4.69) is 5.32 Å². The average molecular weight is 344 g/mol. The maximum Gasteiger partial charge on any atom is 0.338 e. The van der Waals surface area contributed by atoms with Crippen molar-refractivity contribution in [2.24, 2.45) is 0 Å². The zero-order valence-electron chi connectivity index (χ0n) is 14.0. The van der Waals surface area contributed by atoms with Crippen LogP contribution in [0.15, 0.2) is 18.2 Å². The lowest BCUT2D eigenvalue weighted by Gasteiger charge is -2.29. The Morgan fingerprint density at radius 3 is 2.48 bits per heavy atom. The number of fused-ring (bicyclic) bond motifs is 1. The zero-order valence-corrected chi connectivity index (χ0v) is 14.0. The molecule has 0 bridgehead atoms. The largest absolute Gasteiger partial charge is 0.452 e. The predicted molar refractivity (Wildman–Crippen MR) is 88.2 cm³/mol. The number of hydrogen-bond donors (Lipinski definition) is 1. The molecule has 3 rings (SSSR count). The Morgan fingerprint density at radius 2 is 1.80 bits per heavy atom. The SMILES string of the molecule is CNC(=O)COC(=O)c1ccc2c(c1)C(=O)N(C1CCCCC1)C2=O. The van der Waals surface area contributed by atoms with Crippen LogP contribution in [-0.4, -0.2) is 48.3 Å². The van der Waals surface area contributed by atoms with Crippen molar-refractivity contribution in [2.45, 2.75) is 38.1 Å². The highest BCUT2D eigenvalue weighted by molar-refractivity contribution is 6.22. The number of imide groups is 1. The first-order chi connectivity index (χ1) is 12.0. The van der Waals surface area contributed by atoms with Gasteiger partial charge in [0.05, 0.1) is 16.7 Å². The molecule has 7 heteroatoms. The molecule has 0 atom stereocenters. The molecule has 1 saturated carbocycles. The fourth-order valence-electron chi connectivity index (χ4n) is 3.34. The summed E-state index contributed by atoms with van der Waals surface area (Å²) in [6, 6.07) is 4.24. The van der Waals surface area contributed by atoms with Crippen molar-refractivity contribution in [3.05, 3.63) is 34.9 Å². The summed E-state index contributed by atoms with van der Waals surface area (Å²) >= 11 is 0. The minimum Gasteiger partial charge on any atom is -0.452 e. The summed E-state index contributed by atoms with van der Waals surface area (Å²) in [6.45, 7) is -0.395. The topological polar surface area (TPSA) is 92.8 Å². The quantitative estimate of drug-likeness (QED) is 0.660. The molecule has 1 N–H and O–H groups in total. The number of likely N-dealkylation sites (N-methyl/N-ethyl adjacent to an activating group) is 1. The number of ether oxygens (including phenoxy) is 1. The molecule has 3 amide bonds. The van der Waals surface area contributed by atoms with Crippen LogP contribution in [0.2, 0.25) is 0 Å². The van der Waals surface area contributed by atoms with E-state index < -0.39 is 18.5 Å². The molecule has 1 aromatic rings. The standard InChI is InChI=1S/C18H20N2O5/c1-19-15(21)10-25-18(24)11-7-8-13-14(9-11)17(23)20(16(13)22)12-5-3-2-4-6-12/h7-9,12H,2-6,10H2,1H3,(H,19,21). The summed E-state index contributed by atoms with van der Waals surface area (Å²) in [4.78, 5) is 49.8. The second kappa shape index (κ2) is 7.04. The van der Waals surface area contributed by atoms with Gasteiger partial charge in [0.25, 0.3) is 17.7 Å². The van der Waals surface area contributed by atoms with Crippen LogP contribution in [0.3, 0.4) is 0 Å². The predicted octanol–water partition coefficient (Wildman–Crippen LogP) is 1.52. The number of nitrogens with one attached hydrogen (secondary N) is 1. The van der Waals surface area contributed by atoms with Gasteiger partial charge in [0.15, 0.2) is 6.61 Å². The highest BCUT2D eigenvalue weighted by atomic mass is 16.5. The van der Waals surface area contributed by atoms with Crippen molar-refractivity contribution in [1.82, 2.24) is 10.2 Å². The molecule has 1 heterocycles. The number of carbonyl (C=O) groups excluding carboxylic acids is 4. The second-order valence-electron chi connectivity index (χ2n) is 6.28. The summed E-state index contributed by atoms with van der Waals surface area (Å²) in [5, 5.41) is 2.35. The number of hydrogen-bond acceptors (Lipinski definition) is 5. The monoisotopic (exact) mass is 344 g/mol. The van der Waals surface area contributed by atoms with Gasteiger partial charge in [-0.3, -0.25) is 19.3 Å². The third kappa shape index (κ3) is 3.26. The lowest BCUT2D eigenvalue weighted by molar-refractivity contribution is -0.123. The summed E-state index contributed by atoms with van der Waals surface area (Å²) in [6.07, 6.45) is 4.80. The summed E-state index contributed by atoms with van der Waals surface area (Å²) < 4.78 is 4.88. The summed E-state index contributed by atoms with van der Waals surface area (Å²) in [5.41, 5.74) is 0.692. The Kier molecular flexibility index (Phi) is 4.83. The van der Waals surface area contributed by atoms with Crippen molar-refractivity contribution in [1.29, 1.82) is 0 Å². The lowest BCUT2D eigenvalue weighted by atomic mass is 9.94. The molecule has 2 aliphatic rings. The average Bonchev–Trinajstić information content (AvgIpc) is 2.90. The normalized spacial score (nSPS) is 17.4. The maximum atomic E-state index is 12.7. The van der Waals surface area contributed by atoms with Crippen LogP contribution in [0.25, 0.3) is 0 Å². The van der Waals surface area contributed by atoms with Gasteiger partial charge < -0.3 is 10.1 Å². The van der Waals surface area contributed by atoms with Crippen LogP contribution >= 0.6 is 0 Å². The van der Waals surface area contributed by atoms with E-state index in [4.69, 9.17) is 4.74 Å². The van der Waals surface area contributed by atoms with E-state index in [0.29, 0.717) is 5.56 Å². The Hall–Kier alpha value is -2.70. The molecule has 132 valence electrons. The van der Waals surface area contributed by atoms with Gasteiger partial charge in [-0.15, -0.1) is 0 Å². The van der Waals surface area contributed by atoms with Crippen LogP contribution < -0.4 is 5.32 Å². The van der Waals surface area contributed by atoms with Crippen LogP contribution in [-0.2, 0) is 9.53 Å². The number of carbonyl (C=O) groups is 4. The van der Waals surface area contributed by atoms with Crippen molar-refractivity contribution < 1.29 is 23.9 Å². The third-order valence-corrected chi connectivity index (χ3v) is 4.71. The molecule has 0 aromatic heterocycles. The Labute approximate surface area is 145 Å². The second-order valence-corrected chi connectivity index (χ2v) is 6.28. The molecule has 1 aromatic carbocycles. The van der Waals surface area contributed by atoms with Crippen LogP contribution in [0, 0.1) is 0 Å². The van der Waals surface area contributed by atoms with E-state index in [0.717, 1.165) is 32.1 Å². The van der Waals surface area contributed by atoms with Crippen molar-refractivity contribution in [3.8, 4) is 0 Å². The van der Waals surface area contributed by atoms with Crippen LogP contribution in [0.1, 0.15) is 63.2 Å². The van der Waals surface area contributed by atoms with Gasteiger partial charge in [-0.05, 0) is 31.0 Å². The van der Waals surface area contributed by atoms with Gasteiger partial charge >= 0.3 is 5.97 Å². The van der Waals surface area contributed by atoms with E-state index in [1.54, 1.807) is 0 Å². The fourth-order valence-corrected chi connectivity index (χ4v) is 3.34. The van der Waals surface area contributed by atoms with Gasteiger partial charge in [-0.2, -0.15) is 0 Å². The third-order valence-electron chi connectivity index (χ3n) is 4.71. The smallest absolute Gasteiger partial charge is 0.338 e. The number of nitrogens with zero attached hydrogens (tertiary/aromatic N) is 1. The fraction of sp³-hybridized carbons (Fsp3) is 0.444. The van der Waals surface area contributed by atoms with Gasteiger partial charge in [-0.25, -0.2) is 4.79 Å². The molecule has 1 aliphatic heterocycles. The number of amides is 3. The van der Waals surface area contributed by atoms with Crippen molar-refractivity contribution >= 4 is 23.7 Å². The van der Waals surface area contributed by atoms with E-state index in [-0.39, 0.29) is 29.0 Å². The molecule has 0 radical (unpaired) electrons. The van der Waals surface area contributed by atoms with Crippen molar-refractivity contribution in [2.75, 3.05) is 13.7 Å². The van der Waals surface area contributed by atoms with Gasteiger partial charge in [0.2, 0.25) is 0 Å². The number of esters is 1. The molecule has 25 heavy (non-hydrogen) atoms. The molecule has 0 saturated heterocycles. The van der Waals surface area contributed by atoms with Crippen LogP contribution in [0.5, 0.6) is 0 Å².